The van der Waals surface area contributed by atoms with E-state index >= 15 is 0 Å². The largest absolute Gasteiger partial charge is 0.484 e. The predicted octanol–water partition coefficient (Wildman–Crippen LogP) is 1.15. The van der Waals surface area contributed by atoms with Gasteiger partial charge in [-0.05, 0) is 42.7 Å². The maximum absolute atomic E-state index is 13.1. The van der Waals surface area contributed by atoms with E-state index in [4.69, 9.17) is 17.2 Å². The van der Waals surface area contributed by atoms with E-state index in [1.165, 1.54) is 29.2 Å². The molecule has 2 atom stereocenters. The fraction of sp³-hybridized carbons (Fsp3) is 0.423. The number of nitrogens with one attached hydrogen (secondary N) is 2. The number of rotatable bonds is 15. The Morgan fingerprint density at radius 2 is 1.54 bits per heavy atom. The van der Waals surface area contributed by atoms with Crippen molar-refractivity contribution in [2.75, 3.05) is 38.1 Å². The zero-order valence-corrected chi connectivity index (χ0v) is 21.5. The van der Waals surface area contributed by atoms with Gasteiger partial charge in [0.15, 0.2) is 6.61 Å². The summed E-state index contributed by atoms with van der Waals surface area (Å²) in [5, 5.41) is 5.26. The number of carbonyl (C=O) groups is 3. The summed E-state index contributed by atoms with van der Waals surface area (Å²) in [7, 11) is 0. The van der Waals surface area contributed by atoms with E-state index in [1.54, 1.807) is 0 Å². The minimum absolute atomic E-state index is 0.0202. The third-order valence-corrected chi connectivity index (χ3v) is 5.60. The summed E-state index contributed by atoms with van der Waals surface area (Å²) >= 11 is 0. The number of benzene rings is 2. The Bertz CT molecular complexity index is 1050. The van der Waals surface area contributed by atoms with Crippen LogP contribution in [-0.4, -0.2) is 73.7 Å². The summed E-state index contributed by atoms with van der Waals surface area (Å²) in [4.78, 5) is 39.9. The van der Waals surface area contributed by atoms with Gasteiger partial charge in [-0.1, -0.05) is 30.3 Å². The van der Waals surface area contributed by atoms with Crippen LogP contribution in [0.5, 0.6) is 5.75 Å². The highest BCUT2D eigenvalue weighted by Crippen LogP contribution is 2.20. The van der Waals surface area contributed by atoms with Crippen molar-refractivity contribution in [3.8, 4) is 5.75 Å². The maximum Gasteiger partial charge on any atom is 0.422 e. The number of nitrogens with two attached hydrogens (primary N) is 3. The molecule has 2 aromatic rings. The first kappa shape index (κ1) is 31.5. The molecule has 0 heterocycles. The lowest BCUT2D eigenvalue weighted by molar-refractivity contribution is -0.153. The molecule has 39 heavy (non-hydrogen) atoms. The Hall–Kier alpha value is -3.68. The fourth-order valence-electron chi connectivity index (χ4n) is 3.62. The molecule has 0 radical (unpaired) electrons. The van der Waals surface area contributed by atoms with Gasteiger partial charge in [0.25, 0.3) is 0 Å². The van der Waals surface area contributed by atoms with Crippen LogP contribution in [0.2, 0.25) is 0 Å². The Balaban J connectivity index is 2.06. The van der Waals surface area contributed by atoms with E-state index in [0.717, 1.165) is 5.56 Å². The number of anilines is 1. The smallest absolute Gasteiger partial charge is 0.422 e. The van der Waals surface area contributed by atoms with E-state index in [1.807, 2.05) is 30.3 Å². The lowest BCUT2D eigenvalue weighted by atomic mass is 10.0. The van der Waals surface area contributed by atoms with Crippen molar-refractivity contribution in [3.63, 3.8) is 0 Å². The highest BCUT2D eigenvalue weighted by molar-refractivity contribution is 5.98. The van der Waals surface area contributed by atoms with Gasteiger partial charge in [-0.2, -0.15) is 13.2 Å². The van der Waals surface area contributed by atoms with Crippen molar-refractivity contribution < 1.29 is 32.3 Å². The molecule has 2 rings (SSSR count). The Morgan fingerprint density at radius 3 is 2.10 bits per heavy atom. The zero-order chi connectivity index (χ0) is 28.8. The number of carbonyl (C=O) groups excluding carboxylic acids is 3. The number of alkyl halides is 3. The highest BCUT2D eigenvalue weighted by Gasteiger charge is 2.29. The number of hydrogen-bond acceptors (Lipinski definition) is 7. The van der Waals surface area contributed by atoms with Gasteiger partial charge in [0.1, 0.15) is 11.8 Å². The average molecular weight is 553 g/mol. The second kappa shape index (κ2) is 15.7. The molecule has 13 heteroatoms. The van der Waals surface area contributed by atoms with Gasteiger partial charge in [-0.3, -0.25) is 14.4 Å². The van der Waals surface area contributed by atoms with Crippen molar-refractivity contribution in [2.45, 2.75) is 37.5 Å². The molecule has 10 nitrogen and oxygen atoms in total. The monoisotopic (exact) mass is 552 g/mol. The first-order valence-corrected chi connectivity index (χ1v) is 12.4. The third kappa shape index (κ3) is 11.7. The summed E-state index contributed by atoms with van der Waals surface area (Å²) in [5.41, 5.74) is 18.3. The zero-order valence-electron chi connectivity index (χ0n) is 21.5. The second-order valence-electron chi connectivity index (χ2n) is 8.77. The van der Waals surface area contributed by atoms with Gasteiger partial charge >= 0.3 is 6.18 Å². The predicted molar refractivity (Wildman–Crippen MR) is 141 cm³/mol. The SMILES string of the molecule is NCCN(CCN)C(=O)CC(N)C(=O)NC(CCc1ccccc1)C(=O)Nc1ccc(OCC(F)(F)F)cc1. The highest BCUT2D eigenvalue weighted by atomic mass is 19.4. The lowest BCUT2D eigenvalue weighted by Gasteiger charge is -2.24. The van der Waals surface area contributed by atoms with Crippen molar-refractivity contribution in [1.29, 1.82) is 0 Å². The standard InChI is InChI=1S/C26H35F3N6O4/c27-26(28,29)17-39-20-9-7-19(8-10-20)33-25(38)22(11-6-18-4-2-1-3-5-18)34-24(37)21(32)16-23(36)35(14-12-30)15-13-31/h1-5,7-10,21-22H,6,11-17,30-32H2,(H,33,38)(H,34,37). The molecule has 2 unspecified atom stereocenters. The molecule has 214 valence electrons. The molecular formula is C26H35F3N6O4. The van der Waals surface area contributed by atoms with Gasteiger partial charge in [-0.25, -0.2) is 0 Å². The maximum atomic E-state index is 13.1. The van der Waals surface area contributed by atoms with Crippen molar-refractivity contribution in [3.05, 3.63) is 60.2 Å². The number of aryl methyl sites for hydroxylation is 1. The topological polar surface area (TPSA) is 166 Å². The molecule has 0 fully saturated rings. The first-order chi connectivity index (χ1) is 18.5. The summed E-state index contributed by atoms with van der Waals surface area (Å²) in [6, 6.07) is 12.4. The van der Waals surface area contributed by atoms with Crippen LogP contribution in [0.15, 0.2) is 54.6 Å². The molecule has 0 saturated heterocycles. The molecule has 0 aromatic heterocycles. The molecule has 0 bridgehead atoms. The summed E-state index contributed by atoms with van der Waals surface area (Å²) in [6.45, 7) is -0.445. The van der Waals surface area contributed by atoms with Gasteiger partial charge in [0.05, 0.1) is 12.5 Å². The number of hydrogen-bond donors (Lipinski definition) is 5. The van der Waals surface area contributed by atoms with Crippen LogP contribution in [0.4, 0.5) is 18.9 Å². The van der Waals surface area contributed by atoms with Gasteiger partial charge in [0.2, 0.25) is 17.7 Å². The molecule has 8 N–H and O–H groups in total. The van der Waals surface area contributed by atoms with Crippen LogP contribution in [0.1, 0.15) is 18.4 Å². The molecule has 0 saturated carbocycles. The molecule has 0 aliphatic rings. The molecule has 0 aliphatic heterocycles. The summed E-state index contributed by atoms with van der Waals surface area (Å²) in [6.07, 6.45) is -4.09. The van der Waals surface area contributed by atoms with Crippen molar-refractivity contribution >= 4 is 23.4 Å². The van der Waals surface area contributed by atoms with Crippen LogP contribution in [0.3, 0.4) is 0 Å². The average Bonchev–Trinajstić information content (AvgIpc) is 2.90. The van der Waals surface area contributed by atoms with Gasteiger partial charge < -0.3 is 37.5 Å². The molecular weight excluding hydrogens is 517 g/mol. The van der Waals surface area contributed by atoms with E-state index in [-0.39, 0.29) is 56.4 Å². The number of amides is 3. The fourth-order valence-corrected chi connectivity index (χ4v) is 3.62. The van der Waals surface area contributed by atoms with E-state index in [0.29, 0.717) is 6.42 Å². The molecule has 0 spiro atoms. The quantitative estimate of drug-likeness (QED) is 0.221. The normalized spacial score (nSPS) is 12.8. The summed E-state index contributed by atoms with van der Waals surface area (Å²) in [5.74, 6) is -1.65. The Morgan fingerprint density at radius 1 is 0.923 bits per heavy atom. The van der Waals surface area contributed by atoms with Crippen LogP contribution in [-0.2, 0) is 20.8 Å². The summed E-state index contributed by atoms with van der Waals surface area (Å²) < 4.78 is 41.7. The van der Waals surface area contributed by atoms with Crippen LogP contribution < -0.4 is 32.6 Å². The minimum Gasteiger partial charge on any atom is -0.484 e. The Labute approximate surface area is 225 Å². The van der Waals surface area contributed by atoms with E-state index < -0.39 is 36.7 Å². The number of ether oxygens (including phenoxy) is 1. The van der Waals surface area contributed by atoms with Crippen LogP contribution in [0, 0.1) is 0 Å². The second-order valence-corrected chi connectivity index (χ2v) is 8.77. The minimum atomic E-state index is -4.48. The number of nitrogens with zero attached hydrogens (tertiary/aromatic N) is 1. The van der Waals surface area contributed by atoms with E-state index in [2.05, 4.69) is 15.4 Å². The number of halogens is 3. The van der Waals surface area contributed by atoms with Gasteiger partial charge in [0, 0.05) is 31.9 Å². The van der Waals surface area contributed by atoms with Crippen LogP contribution >= 0.6 is 0 Å². The lowest BCUT2D eigenvalue weighted by Crippen LogP contribution is -2.52. The van der Waals surface area contributed by atoms with E-state index in [9.17, 15) is 27.6 Å². The first-order valence-electron chi connectivity index (χ1n) is 12.4. The Kier molecular flexibility index (Phi) is 12.7. The molecule has 3 amide bonds. The molecule has 2 aromatic carbocycles. The molecule has 0 aliphatic carbocycles. The van der Waals surface area contributed by atoms with Crippen LogP contribution in [0.25, 0.3) is 0 Å². The third-order valence-electron chi connectivity index (χ3n) is 5.60. The van der Waals surface area contributed by atoms with Crippen molar-refractivity contribution in [1.82, 2.24) is 10.2 Å². The van der Waals surface area contributed by atoms with Gasteiger partial charge in [-0.15, -0.1) is 0 Å². The van der Waals surface area contributed by atoms with Crippen molar-refractivity contribution in [2.24, 2.45) is 17.2 Å².